The Morgan fingerprint density at radius 2 is 1.96 bits per heavy atom. The molecule has 0 fully saturated rings. The molecule has 1 heterocycles. The summed E-state index contributed by atoms with van der Waals surface area (Å²) in [5.41, 5.74) is 4.18. The number of rotatable bonds is 4. The molecule has 0 atom stereocenters. The van der Waals surface area contributed by atoms with Crippen molar-refractivity contribution in [3.05, 3.63) is 64.9 Å². The van der Waals surface area contributed by atoms with Crippen molar-refractivity contribution in [3.63, 3.8) is 0 Å². The number of furan rings is 1. The van der Waals surface area contributed by atoms with Gasteiger partial charge in [0, 0.05) is 16.0 Å². The predicted molar refractivity (Wildman–Crippen MR) is 93.9 cm³/mol. The Morgan fingerprint density at radius 1 is 1.21 bits per heavy atom. The maximum Gasteiger partial charge on any atom is 0.271 e. The van der Waals surface area contributed by atoms with Crippen molar-refractivity contribution in [2.24, 2.45) is 5.10 Å². The monoisotopic (exact) mass is 342 g/mol. The van der Waals surface area contributed by atoms with E-state index < -0.39 is 0 Å². The molecule has 5 nitrogen and oxygen atoms in total. The predicted octanol–water partition coefficient (Wildman–Crippen LogP) is 4.25. The van der Waals surface area contributed by atoms with Crippen molar-refractivity contribution in [1.82, 2.24) is 5.43 Å². The molecule has 0 radical (unpaired) electrons. The number of para-hydroxylation sites is 1. The molecule has 3 rings (SSSR count). The molecule has 0 bridgehead atoms. The molecule has 0 saturated carbocycles. The van der Waals surface area contributed by atoms with Crippen LogP contribution in [0.2, 0.25) is 5.02 Å². The minimum atomic E-state index is -0.320. The van der Waals surface area contributed by atoms with Gasteiger partial charge in [-0.15, -0.1) is 0 Å². The number of carbonyl (C=O) groups excluding carboxylic acids is 1. The third-order valence-electron chi connectivity index (χ3n) is 3.52. The van der Waals surface area contributed by atoms with Crippen LogP contribution in [-0.2, 0) is 0 Å². The molecule has 122 valence electrons. The Labute approximate surface area is 143 Å². The molecule has 0 saturated heterocycles. The number of nitrogens with zero attached hydrogens (tertiary/aromatic N) is 1. The fourth-order valence-electron chi connectivity index (χ4n) is 2.23. The summed E-state index contributed by atoms with van der Waals surface area (Å²) in [6, 6.07) is 14.1. The van der Waals surface area contributed by atoms with E-state index in [0.29, 0.717) is 33.4 Å². The number of hydrazone groups is 1. The van der Waals surface area contributed by atoms with Gasteiger partial charge in [0.15, 0.2) is 17.1 Å². The molecule has 1 aromatic heterocycles. The zero-order valence-corrected chi connectivity index (χ0v) is 13.9. The molecule has 1 N–H and O–H groups in total. The van der Waals surface area contributed by atoms with Gasteiger partial charge < -0.3 is 9.15 Å². The topological polar surface area (TPSA) is 63.8 Å². The fraction of sp³-hybridized carbons (Fsp3) is 0.111. The molecule has 0 spiro atoms. The molecule has 6 heteroatoms. The zero-order valence-electron chi connectivity index (χ0n) is 13.2. The number of carbonyl (C=O) groups is 1. The van der Waals surface area contributed by atoms with Crippen LogP contribution in [0.3, 0.4) is 0 Å². The first-order valence-corrected chi connectivity index (χ1v) is 7.63. The van der Waals surface area contributed by atoms with Crippen molar-refractivity contribution in [2.45, 2.75) is 6.92 Å². The number of benzene rings is 2. The average molecular weight is 343 g/mol. The minimum absolute atomic E-state index is 0.320. The second-order valence-electron chi connectivity index (χ2n) is 5.13. The van der Waals surface area contributed by atoms with E-state index in [1.807, 2.05) is 24.3 Å². The standard InChI is InChI=1S/C18H15ClN2O3/c1-11(20-21-18(22)12-6-8-14(19)9-7-12)16-10-13-4-3-5-15(23-2)17(13)24-16/h3-10H,1-2H3,(H,21,22)/b20-11-. The maximum atomic E-state index is 12.1. The van der Waals surface area contributed by atoms with Gasteiger partial charge in [0.2, 0.25) is 0 Å². The molecule has 3 aromatic rings. The normalized spacial score (nSPS) is 11.5. The van der Waals surface area contributed by atoms with E-state index in [-0.39, 0.29) is 5.91 Å². The quantitative estimate of drug-likeness (QED) is 0.569. The zero-order chi connectivity index (χ0) is 17.1. The van der Waals surface area contributed by atoms with Crippen molar-refractivity contribution in [3.8, 4) is 5.75 Å². The Balaban J connectivity index is 1.80. The summed E-state index contributed by atoms with van der Waals surface area (Å²) in [7, 11) is 1.59. The third-order valence-corrected chi connectivity index (χ3v) is 3.77. The lowest BCUT2D eigenvalue weighted by Crippen LogP contribution is -2.19. The van der Waals surface area contributed by atoms with Gasteiger partial charge in [-0.3, -0.25) is 4.79 Å². The van der Waals surface area contributed by atoms with E-state index in [1.54, 1.807) is 38.3 Å². The molecule has 1 amide bonds. The Kier molecular flexibility index (Phi) is 4.53. The molecule has 0 unspecified atom stereocenters. The number of fused-ring (bicyclic) bond motifs is 1. The van der Waals surface area contributed by atoms with Crippen LogP contribution < -0.4 is 10.2 Å². The summed E-state index contributed by atoms with van der Waals surface area (Å²) >= 11 is 5.81. The highest BCUT2D eigenvalue weighted by molar-refractivity contribution is 6.30. The van der Waals surface area contributed by atoms with E-state index in [4.69, 9.17) is 20.8 Å². The van der Waals surface area contributed by atoms with Crippen LogP contribution in [-0.4, -0.2) is 18.7 Å². The summed E-state index contributed by atoms with van der Waals surface area (Å²) in [6.07, 6.45) is 0. The van der Waals surface area contributed by atoms with Gasteiger partial charge in [-0.2, -0.15) is 5.10 Å². The van der Waals surface area contributed by atoms with E-state index in [1.165, 1.54) is 0 Å². The molecule has 2 aromatic carbocycles. The highest BCUT2D eigenvalue weighted by Crippen LogP contribution is 2.28. The van der Waals surface area contributed by atoms with Crippen molar-refractivity contribution < 1.29 is 13.9 Å². The van der Waals surface area contributed by atoms with Gasteiger partial charge in [-0.05, 0) is 43.3 Å². The molecule has 24 heavy (non-hydrogen) atoms. The number of halogens is 1. The smallest absolute Gasteiger partial charge is 0.271 e. The molecule has 0 aliphatic carbocycles. The summed E-state index contributed by atoms with van der Waals surface area (Å²) in [5.74, 6) is 0.891. The van der Waals surface area contributed by atoms with Crippen molar-refractivity contribution >= 4 is 34.2 Å². The van der Waals surface area contributed by atoms with E-state index in [0.717, 1.165) is 5.39 Å². The number of amides is 1. The second kappa shape index (κ2) is 6.76. The van der Waals surface area contributed by atoms with E-state index in [2.05, 4.69) is 10.5 Å². The first kappa shape index (κ1) is 16.1. The Morgan fingerprint density at radius 3 is 2.67 bits per heavy atom. The highest BCUT2D eigenvalue weighted by Gasteiger charge is 2.11. The molecular formula is C18H15ClN2O3. The lowest BCUT2D eigenvalue weighted by molar-refractivity contribution is 0.0955. The summed E-state index contributed by atoms with van der Waals surface area (Å²) in [4.78, 5) is 12.1. The first-order valence-electron chi connectivity index (χ1n) is 7.25. The van der Waals surface area contributed by atoms with Crippen molar-refractivity contribution in [1.29, 1.82) is 0 Å². The van der Waals surface area contributed by atoms with E-state index >= 15 is 0 Å². The van der Waals surface area contributed by atoms with Gasteiger partial charge in [0.25, 0.3) is 5.91 Å². The lowest BCUT2D eigenvalue weighted by atomic mass is 10.2. The average Bonchev–Trinajstić information content (AvgIpc) is 3.04. The lowest BCUT2D eigenvalue weighted by Gasteiger charge is -2.01. The number of methoxy groups -OCH3 is 1. The van der Waals surface area contributed by atoms with E-state index in [9.17, 15) is 4.79 Å². The first-order chi connectivity index (χ1) is 11.6. The van der Waals surface area contributed by atoms with Crippen LogP contribution in [0.15, 0.2) is 58.0 Å². The SMILES string of the molecule is COc1cccc2cc(/C(C)=N\NC(=O)c3ccc(Cl)cc3)oc12. The van der Waals surface area contributed by atoms with Crippen LogP contribution in [0.1, 0.15) is 23.0 Å². The minimum Gasteiger partial charge on any atom is -0.493 e. The van der Waals surface area contributed by atoms with Gasteiger partial charge in [-0.25, -0.2) is 5.43 Å². The Bertz CT molecular complexity index is 914. The van der Waals surface area contributed by atoms with Crippen molar-refractivity contribution in [2.75, 3.05) is 7.11 Å². The molecule has 0 aliphatic heterocycles. The number of hydrogen-bond donors (Lipinski definition) is 1. The third kappa shape index (κ3) is 3.26. The number of nitrogens with one attached hydrogen (secondary N) is 1. The van der Waals surface area contributed by atoms with Gasteiger partial charge >= 0.3 is 0 Å². The number of hydrogen-bond acceptors (Lipinski definition) is 4. The second-order valence-corrected chi connectivity index (χ2v) is 5.57. The summed E-state index contributed by atoms with van der Waals surface area (Å²) < 4.78 is 11.1. The molecular weight excluding hydrogens is 328 g/mol. The van der Waals surface area contributed by atoms with Gasteiger partial charge in [0.05, 0.1) is 7.11 Å². The van der Waals surface area contributed by atoms with Crippen LogP contribution in [0.4, 0.5) is 0 Å². The maximum absolute atomic E-state index is 12.1. The highest BCUT2D eigenvalue weighted by atomic mass is 35.5. The summed E-state index contributed by atoms with van der Waals surface area (Å²) in [6.45, 7) is 1.76. The van der Waals surface area contributed by atoms with Crippen LogP contribution >= 0.6 is 11.6 Å². The summed E-state index contributed by atoms with van der Waals surface area (Å²) in [5, 5.41) is 5.57. The fourth-order valence-corrected chi connectivity index (χ4v) is 2.36. The van der Waals surface area contributed by atoms with Gasteiger partial charge in [0.1, 0.15) is 5.71 Å². The van der Waals surface area contributed by atoms with Crippen LogP contribution in [0.5, 0.6) is 5.75 Å². The largest absolute Gasteiger partial charge is 0.493 e. The Hall–Kier alpha value is -2.79. The van der Waals surface area contributed by atoms with Gasteiger partial charge in [-0.1, -0.05) is 23.7 Å². The number of ether oxygens (including phenoxy) is 1. The van der Waals surface area contributed by atoms with Crippen LogP contribution in [0, 0.1) is 0 Å². The molecule has 0 aliphatic rings. The van der Waals surface area contributed by atoms with Crippen LogP contribution in [0.25, 0.3) is 11.0 Å².